The molecule has 0 bridgehead atoms. The Balaban J connectivity index is 1.70. The number of amides is 1. The van der Waals surface area contributed by atoms with E-state index in [-0.39, 0.29) is 24.7 Å². The Bertz CT molecular complexity index is 552. The van der Waals surface area contributed by atoms with E-state index >= 15 is 0 Å². The molecule has 1 amide bonds. The van der Waals surface area contributed by atoms with Gasteiger partial charge in [-0.05, 0) is 24.6 Å². The zero-order valence-electron chi connectivity index (χ0n) is 14.0. The van der Waals surface area contributed by atoms with Crippen molar-refractivity contribution in [2.45, 2.75) is 18.9 Å². The van der Waals surface area contributed by atoms with Crippen LogP contribution in [0.25, 0.3) is 6.08 Å². The smallest absolute Gasteiger partial charge is 0.223 e. The van der Waals surface area contributed by atoms with Crippen molar-refractivity contribution in [1.82, 2.24) is 10.2 Å². The minimum atomic E-state index is -0.979. The second kappa shape index (κ2) is 8.92. The van der Waals surface area contributed by atoms with Crippen LogP contribution in [0.2, 0.25) is 0 Å². The highest BCUT2D eigenvalue weighted by Gasteiger charge is 2.25. The van der Waals surface area contributed by atoms with Crippen LogP contribution in [-0.4, -0.2) is 60.9 Å². The van der Waals surface area contributed by atoms with Gasteiger partial charge in [-0.15, -0.1) is 0 Å². The second-order valence-electron chi connectivity index (χ2n) is 6.32. The number of carbonyl (C=O) groups is 1. The van der Waals surface area contributed by atoms with Crippen molar-refractivity contribution >= 4 is 12.0 Å². The van der Waals surface area contributed by atoms with Crippen molar-refractivity contribution < 1.29 is 19.0 Å². The van der Waals surface area contributed by atoms with Gasteiger partial charge in [0.2, 0.25) is 5.91 Å². The van der Waals surface area contributed by atoms with Gasteiger partial charge in [0.25, 0.3) is 0 Å². The van der Waals surface area contributed by atoms with Crippen LogP contribution in [0.3, 0.4) is 0 Å². The zero-order chi connectivity index (χ0) is 17.4. The maximum Gasteiger partial charge on any atom is 0.223 e. The van der Waals surface area contributed by atoms with Gasteiger partial charge >= 0.3 is 0 Å². The van der Waals surface area contributed by atoms with Crippen LogP contribution in [0.1, 0.15) is 18.9 Å². The van der Waals surface area contributed by atoms with Crippen LogP contribution in [0, 0.1) is 5.82 Å². The normalized spacial score (nSPS) is 18.5. The summed E-state index contributed by atoms with van der Waals surface area (Å²) < 4.78 is 18.1. The summed E-state index contributed by atoms with van der Waals surface area (Å²) in [6, 6.07) is 6.05. The Morgan fingerprint density at radius 3 is 2.71 bits per heavy atom. The lowest BCUT2D eigenvalue weighted by Gasteiger charge is -2.33. The third kappa shape index (κ3) is 6.78. The van der Waals surface area contributed by atoms with E-state index in [9.17, 15) is 14.3 Å². The van der Waals surface area contributed by atoms with Gasteiger partial charge < -0.3 is 15.2 Å². The fourth-order valence-corrected chi connectivity index (χ4v) is 2.53. The Labute approximate surface area is 142 Å². The third-order valence-electron chi connectivity index (χ3n) is 3.82. The van der Waals surface area contributed by atoms with Crippen LogP contribution < -0.4 is 5.32 Å². The maximum absolute atomic E-state index is 12.8. The number of nitrogens with zero attached hydrogens (tertiary/aromatic N) is 1. The lowest BCUT2D eigenvalue weighted by atomic mass is 10.1. The van der Waals surface area contributed by atoms with Crippen molar-refractivity contribution in [2.24, 2.45) is 0 Å². The molecule has 1 aliphatic rings. The molecule has 0 radical (unpaired) electrons. The van der Waals surface area contributed by atoms with E-state index in [4.69, 9.17) is 4.74 Å². The highest BCUT2D eigenvalue weighted by atomic mass is 19.1. The van der Waals surface area contributed by atoms with Gasteiger partial charge in [0.05, 0.1) is 18.8 Å². The van der Waals surface area contributed by atoms with Gasteiger partial charge in [-0.2, -0.15) is 0 Å². The van der Waals surface area contributed by atoms with Crippen molar-refractivity contribution in [3.8, 4) is 0 Å². The highest BCUT2D eigenvalue weighted by molar-refractivity contribution is 5.78. The largest absolute Gasteiger partial charge is 0.387 e. The first-order valence-corrected chi connectivity index (χ1v) is 8.16. The predicted octanol–water partition coefficient (Wildman–Crippen LogP) is 1.43. The van der Waals surface area contributed by atoms with Crippen LogP contribution in [-0.2, 0) is 9.53 Å². The fourth-order valence-electron chi connectivity index (χ4n) is 2.53. The average Bonchev–Trinajstić information content (AvgIpc) is 2.55. The molecule has 5 nitrogen and oxygen atoms in total. The van der Waals surface area contributed by atoms with Gasteiger partial charge in [0.15, 0.2) is 0 Å². The molecule has 1 heterocycles. The maximum atomic E-state index is 12.8. The molecule has 24 heavy (non-hydrogen) atoms. The number of β-amino-alcohol motifs (C(OH)–C–C–N with tert-alkyl or cyclic N) is 1. The molecule has 1 aromatic rings. The molecule has 1 saturated heterocycles. The summed E-state index contributed by atoms with van der Waals surface area (Å²) in [6.45, 7) is 5.37. The minimum absolute atomic E-state index is 0.157. The van der Waals surface area contributed by atoms with E-state index in [1.54, 1.807) is 31.2 Å². The van der Waals surface area contributed by atoms with Crippen molar-refractivity contribution in [3.63, 3.8) is 0 Å². The lowest BCUT2D eigenvalue weighted by Crippen LogP contribution is -2.51. The quantitative estimate of drug-likeness (QED) is 0.791. The summed E-state index contributed by atoms with van der Waals surface area (Å²) in [5.41, 5.74) is -0.142. The first kappa shape index (κ1) is 18.6. The number of rotatable bonds is 7. The first-order chi connectivity index (χ1) is 11.4. The molecule has 2 rings (SSSR count). The highest BCUT2D eigenvalue weighted by Crippen LogP contribution is 2.08. The van der Waals surface area contributed by atoms with Crippen molar-refractivity contribution in [1.29, 1.82) is 0 Å². The van der Waals surface area contributed by atoms with Crippen molar-refractivity contribution in [2.75, 3.05) is 39.4 Å². The molecule has 1 aromatic carbocycles. The molecule has 132 valence electrons. The molecule has 1 fully saturated rings. The number of nitrogens with one attached hydrogen (secondary N) is 1. The SMILES string of the molecule is CC(O)(CNC(=O)C/C=C/c1ccc(F)cc1)CN1CCOCC1. The van der Waals surface area contributed by atoms with Crippen LogP contribution in [0.4, 0.5) is 4.39 Å². The van der Waals surface area contributed by atoms with Gasteiger partial charge in [-0.25, -0.2) is 4.39 Å². The summed E-state index contributed by atoms with van der Waals surface area (Å²) >= 11 is 0. The lowest BCUT2D eigenvalue weighted by molar-refractivity contribution is -0.121. The summed E-state index contributed by atoms with van der Waals surface area (Å²) in [5.74, 6) is -0.442. The van der Waals surface area contributed by atoms with Gasteiger partial charge in [-0.1, -0.05) is 24.3 Å². The number of morpholine rings is 1. The Kier molecular flexibility index (Phi) is 6.90. The summed E-state index contributed by atoms with van der Waals surface area (Å²) in [5, 5.41) is 13.1. The molecule has 2 N–H and O–H groups in total. The molecule has 6 heteroatoms. The Hall–Kier alpha value is -1.76. The number of halogens is 1. The van der Waals surface area contributed by atoms with E-state index in [1.807, 2.05) is 0 Å². The molecule has 1 atom stereocenters. The molecule has 0 aliphatic carbocycles. The zero-order valence-corrected chi connectivity index (χ0v) is 14.0. The fraction of sp³-hybridized carbons (Fsp3) is 0.500. The Morgan fingerprint density at radius 2 is 2.04 bits per heavy atom. The standard InChI is InChI=1S/C18H25FN2O3/c1-18(23,14-21-9-11-24-12-10-21)13-20-17(22)4-2-3-15-5-7-16(19)8-6-15/h2-3,5-8,23H,4,9-14H2,1H3,(H,20,22)/b3-2+. The van der Waals surface area contributed by atoms with E-state index in [0.717, 1.165) is 18.7 Å². The van der Waals surface area contributed by atoms with Gasteiger partial charge in [-0.3, -0.25) is 9.69 Å². The number of benzene rings is 1. The van der Waals surface area contributed by atoms with E-state index in [1.165, 1.54) is 12.1 Å². The third-order valence-corrected chi connectivity index (χ3v) is 3.82. The van der Waals surface area contributed by atoms with E-state index in [0.29, 0.717) is 19.8 Å². The number of hydrogen-bond acceptors (Lipinski definition) is 4. The minimum Gasteiger partial charge on any atom is -0.387 e. The average molecular weight is 336 g/mol. The molecule has 0 aromatic heterocycles. The molecule has 0 saturated carbocycles. The van der Waals surface area contributed by atoms with E-state index in [2.05, 4.69) is 10.2 Å². The monoisotopic (exact) mass is 336 g/mol. The van der Waals surface area contributed by atoms with Gasteiger partial charge in [0.1, 0.15) is 5.82 Å². The summed E-state index contributed by atoms with van der Waals surface area (Å²) in [6.07, 6.45) is 3.70. The summed E-state index contributed by atoms with van der Waals surface area (Å²) in [7, 11) is 0. The topological polar surface area (TPSA) is 61.8 Å². The molecular weight excluding hydrogens is 311 g/mol. The second-order valence-corrected chi connectivity index (χ2v) is 6.32. The summed E-state index contributed by atoms with van der Waals surface area (Å²) in [4.78, 5) is 14.0. The van der Waals surface area contributed by atoms with E-state index < -0.39 is 5.60 Å². The number of aliphatic hydroxyl groups is 1. The van der Waals surface area contributed by atoms with Crippen molar-refractivity contribution in [3.05, 3.63) is 41.7 Å². The Morgan fingerprint density at radius 1 is 1.38 bits per heavy atom. The van der Waals surface area contributed by atoms with Crippen LogP contribution >= 0.6 is 0 Å². The number of hydrogen-bond donors (Lipinski definition) is 2. The molecule has 1 aliphatic heterocycles. The first-order valence-electron chi connectivity index (χ1n) is 8.16. The number of carbonyl (C=O) groups excluding carboxylic acids is 1. The van der Waals surface area contributed by atoms with Crippen LogP contribution in [0.5, 0.6) is 0 Å². The van der Waals surface area contributed by atoms with Gasteiger partial charge in [0, 0.05) is 32.6 Å². The predicted molar refractivity (Wildman–Crippen MR) is 90.9 cm³/mol. The van der Waals surface area contributed by atoms with Crippen LogP contribution in [0.15, 0.2) is 30.3 Å². The molecule has 0 spiro atoms. The molecule has 1 unspecified atom stereocenters. The molecular formula is C18H25FN2O3. The number of ether oxygens (including phenoxy) is 1.